The van der Waals surface area contributed by atoms with Gasteiger partial charge in [0.1, 0.15) is 0 Å². The molecular weight excluding hydrogens is 416 g/mol. The van der Waals surface area contributed by atoms with E-state index >= 15 is 0 Å². The number of ether oxygens (including phenoxy) is 1. The average molecular weight is 483 g/mol. The molecule has 1 unspecified atom stereocenters. The van der Waals surface area contributed by atoms with E-state index in [9.17, 15) is 5.11 Å². The summed E-state index contributed by atoms with van der Waals surface area (Å²) >= 11 is 0. The van der Waals surface area contributed by atoms with Gasteiger partial charge in [-0.25, -0.2) is 0 Å². The van der Waals surface area contributed by atoms with Gasteiger partial charge in [0.2, 0.25) is 0 Å². The standard InChI is InChI=1S/C32H66O2/c1-10-19-20-21-22-23-24-25-26-27-28-29(11-2,12-3)30(13-4,14-5)31(15-6,16-7)32(33,17-8)34-18-9/h33H,10-28H2,1-9H3. The summed E-state index contributed by atoms with van der Waals surface area (Å²) in [5, 5.41) is 12.1. The largest absolute Gasteiger partial charge is 0.365 e. The highest BCUT2D eigenvalue weighted by molar-refractivity contribution is 5.10. The van der Waals surface area contributed by atoms with Gasteiger partial charge in [0.05, 0.1) is 0 Å². The summed E-state index contributed by atoms with van der Waals surface area (Å²) in [5.74, 6) is -1.06. The fraction of sp³-hybridized carbons (Fsp3) is 1.00. The summed E-state index contributed by atoms with van der Waals surface area (Å²) in [4.78, 5) is 0. The van der Waals surface area contributed by atoms with Crippen molar-refractivity contribution < 1.29 is 9.84 Å². The Bertz CT molecular complexity index is 473. The molecule has 1 atom stereocenters. The van der Waals surface area contributed by atoms with Gasteiger partial charge < -0.3 is 9.84 Å². The van der Waals surface area contributed by atoms with Crippen molar-refractivity contribution in [1.29, 1.82) is 0 Å². The first kappa shape index (κ1) is 33.9. The van der Waals surface area contributed by atoms with Gasteiger partial charge in [-0.1, -0.05) is 120 Å². The van der Waals surface area contributed by atoms with Crippen LogP contribution in [0.15, 0.2) is 0 Å². The lowest BCUT2D eigenvalue weighted by Gasteiger charge is -2.65. The molecule has 0 spiro atoms. The molecule has 2 nitrogen and oxygen atoms in total. The maximum Gasteiger partial charge on any atom is 0.171 e. The zero-order valence-corrected chi connectivity index (χ0v) is 25.3. The van der Waals surface area contributed by atoms with Crippen LogP contribution in [0.1, 0.15) is 178 Å². The lowest BCUT2D eigenvalue weighted by atomic mass is 9.42. The zero-order chi connectivity index (χ0) is 26.1. The molecular formula is C32H66O2. The maximum atomic E-state index is 12.1. The average Bonchev–Trinajstić information content (AvgIpc) is 2.86. The number of hydrogen-bond donors (Lipinski definition) is 1. The van der Waals surface area contributed by atoms with E-state index in [4.69, 9.17) is 4.74 Å². The molecule has 0 rings (SSSR count). The van der Waals surface area contributed by atoms with Crippen molar-refractivity contribution in [2.24, 2.45) is 16.2 Å². The molecule has 0 saturated carbocycles. The molecule has 0 aliphatic rings. The van der Waals surface area contributed by atoms with Crippen molar-refractivity contribution >= 4 is 0 Å². The van der Waals surface area contributed by atoms with Gasteiger partial charge in [-0.2, -0.15) is 0 Å². The van der Waals surface area contributed by atoms with E-state index < -0.39 is 5.79 Å². The fourth-order valence-electron chi connectivity index (χ4n) is 8.33. The third kappa shape index (κ3) is 7.24. The van der Waals surface area contributed by atoms with Crippen LogP contribution in [-0.2, 0) is 4.74 Å². The van der Waals surface area contributed by atoms with Crippen molar-refractivity contribution in [2.45, 2.75) is 184 Å². The Morgan fingerprint density at radius 3 is 1.21 bits per heavy atom. The van der Waals surface area contributed by atoms with Crippen molar-refractivity contribution in [1.82, 2.24) is 0 Å². The minimum Gasteiger partial charge on any atom is -0.365 e. The molecule has 0 aromatic carbocycles. The second kappa shape index (κ2) is 17.4. The normalized spacial score (nSPS) is 15.0. The molecule has 0 amide bonds. The molecule has 0 aliphatic carbocycles. The van der Waals surface area contributed by atoms with Gasteiger partial charge in [0.15, 0.2) is 5.79 Å². The van der Waals surface area contributed by atoms with Crippen LogP contribution in [0.5, 0.6) is 0 Å². The molecule has 206 valence electrons. The first-order chi connectivity index (χ1) is 16.3. The van der Waals surface area contributed by atoms with Crippen LogP contribution >= 0.6 is 0 Å². The van der Waals surface area contributed by atoms with Crippen LogP contribution in [0.3, 0.4) is 0 Å². The second-order valence-corrected chi connectivity index (χ2v) is 11.1. The Morgan fingerprint density at radius 2 is 0.882 bits per heavy atom. The summed E-state index contributed by atoms with van der Waals surface area (Å²) in [6, 6.07) is 0. The summed E-state index contributed by atoms with van der Waals surface area (Å²) in [7, 11) is 0. The van der Waals surface area contributed by atoms with Crippen LogP contribution in [0, 0.1) is 16.2 Å². The van der Waals surface area contributed by atoms with Crippen LogP contribution in [0.25, 0.3) is 0 Å². The minimum atomic E-state index is -1.06. The van der Waals surface area contributed by atoms with Crippen molar-refractivity contribution in [3.8, 4) is 0 Å². The van der Waals surface area contributed by atoms with Gasteiger partial charge in [0, 0.05) is 12.0 Å². The van der Waals surface area contributed by atoms with Crippen molar-refractivity contribution in [3.63, 3.8) is 0 Å². The molecule has 0 heterocycles. The quantitative estimate of drug-likeness (QED) is 0.116. The first-order valence-corrected chi connectivity index (χ1v) is 15.7. The number of hydrogen-bond acceptors (Lipinski definition) is 2. The SMILES string of the molecule is CCCCCCCCCCCCC(CC)(CC)C(CC)(CC)C(CC)(CC)C(O)(CC)OCC. The van der Waals surface area contributed by atoms with E-state index in [1.54, 1.807) is 0 Å². The van der Waals surface area contributed by atoms with Gasteiger partial charge in [-0.15, -0.1) is 0 Å². The van der Waals surface area contributed by atoms with Crippen molar-refractivity contribution in [2.75, 3.05) is 6.61 Å². The van der Waals surface area contributed by atoms with E-state index in [0.717, 1.165) is 25.7 Å². The Labute approximate surface area is 216 Å². The Hall–Kier alpha value is -0.0800. The Morgan fingerprint density at radius 1 is 0.471 bits per heavy atom. The number of unbranched alkanes of at least 4 members (excludes halogenated alkanes) is 9. The molecule has 0 bridgehead atoms. The smallest absolute Gasteiger partial charge is 0.171 e. The first-order valence-electron chi connectivity index (χ1n) is 15.7. The predicted molar refractivity (Wildman–Crippen MR) is 152 cm³/mol. The summed E-state index contributed by atoms with van der Waals surface area (Å²) in [5.41, 5.74) is 0.0634. The van der Waals surface area contributed by atoms with Crippen LogP contribution in [0.2, 0.25) is 0 Å². The predicted octanol–water partition coefficient (Wildman–Crippen LogP) is 10.9. The topological polar surface area (TPSA) is 29.5 Å². The van der Waals surface area contributed by atoms with Gasteiger partial charge in [-0.05, 0) is 69.1 Å². The highest BCUT2D eigenvalue weighted by atomic mass is 16.6. The minimum absolute atomic E-state index is 0.0617. The van der Waals surface area contributed by atoms with E-state index in [-0.39, 0.29) is 16.2 Å². The van der Waals surface area contributed by atoms with E-state index in [0.29, 0.717) is 13.0 Å². The number of aliphatic hydroxyl groups is 1. The van der Waals surface area contributed by atoms with Gasteiger partial charge >= 0.3 is 0 Å². The van der Waals surface area contributed by atoms with Crippen molar-refractivity contribution in [3.05, 3.63) is 0 Å². The molecule has 34 heavy (non-hydrogen) atoms. The molecule has 0 radical (unpaired) electrons. The summed E-state index contributed by atoms with van der Waals surface area (Å²) in [6.45, 7) is 21.3. The van der Waals surface area contributed by atoms with Gasteiger partial charge in [0.25, 0.3) is 0 Å². The summed E-state index contributed by atoms with van der Waals surface area (Å²) in [6.07, 6.45) is 22.4. The Balaban J connectivity index is 5.69. The maximum absolute atomic E-state index is 12.1. The fourth-order valence-corrected chi connectivity index (χ4v) is 8.33. The second-order valence-electron chi connectivity index (χ2n) is 11.1. The molecule has 2 heteroatoms. The van der Waals surface area contributed by atoms with E-state index in [2.05, 4.69) is 55.4 Å². The van der Waals surface area contributed by atoms with Crippen LogP contribution in [0.4, 0.5) is 0 Å². The monoisotopic (exact) mass is 483 g/mol. The molecule has 0 saturated heterocycles. The lowest BCUT2D eigenvalue weighted by molar-refractivity contribution is -0.329. The van der Waals surface area contributed by atoms with Gasteiger partial charge in [-0.3, -0.25) is 0 Å². The van der Waals surface area contributed by atoms with E-state index in [1.807, 2.05) is 6.92 Å². The summed E-state index contributed by atoms with van der Waals surface area (Å²) < 4.78 is 6.28. The van der Waals surface area contributed by atoms with Crippen LogP contribution in [-0.4, -0.2) is 17.5 Å². The molecule has 1 N–H and O–H groups in total. The van der Waals surface area contributed by atoms with Crippen LogP contribution < -0.4 is 0 Å². The number of rotatable bonds is 23. The third-order valence-corrected chi connectivity index (χ3v) is 10.3. The highest BCUT2D eigenvalue weighted by Gasteiger charge is 2.65. The van der Waals surface area contributed by atoms with E-state index in [1.165, 1.54) is 83.5 Å². The molecule has 0 aromatic heterocycles. The Kier molecular flexibility index (Phi) is 17.3. The molecule has 0 fully saturated rings. The molecule has 0 aromatic rings. The third-order valence-electron chi connectivity index (χ3n) is 10.3. The zero-order valence-electron chi connectivity index (χ0n) is 25.3. The lowest BCUT2D eigenvalue weighted by Crippen LogP contribution is -2.64. The highest BCUT2D eigenvalue weighted by Crippen LogP contribution is 2.68. The molecule has 0 aliphatic heterocycles.